The normalized spacial score (nSPS) is 12.6. The lowest BCUT2D eigenvalue weighted by Gasteiger charge is -2.10. The number of rotatable bonds is 4. The quantitative estimate of drug-likeness (QED) is 0.805. The van der Waals surface area contributed by atoms with E-state index in [4.69, 9.17) is 27.2 Å². The molecular formula is C10H14ClNO2. The molecule has 78 valence electrons. The van der Waals surface area contributed by atoms with E-state index in [0.29, 0.717) is 10.8 Å². The van der Waals surface area contributed by atoms with Gasteiger partial charge in [-0.2, -0.15) is 0 Å². The van der Waals surface area contributed by atoms with Gasteiger partial charge in [-0.25, -0.2) is 0 Å². The minimum Gasteiger partial charge on any atom is -0.490 e. The molecule has 0 saturated carbocycles. The average Bonchev–Trinajstić information content (AvgIpc) is 2.15. The summed E-state index contributed by atoms with van der Waals surface area (Å²) < 4.78 is 5.20. The highest BCUT2D eigenvalue weighted by Gasteiger charge is 2.05. The molecule has 1 atom stereocenters. The number of ether oxygens (including phenoxy) is 1. The first-order valence-corrected chi connectivity index (χ1v) is 4.81. The summed E-state index contributed by atoms with van der Waals surface area (Å²) in [6.07, 6.45) is 0. The molecule has 0 heterocycles. The highest BCUT2D eigenvalue weighted by Crippen LogP contribution is 2.27. The van der Waals surface area contributed by atoms with Crippen molar-refractivity contribution < 1.29 is 9.84 Å². The Labute approximate surface area is 88.4 Å². The summed E-state index contributed by atoms with van der Waals surface area (Å²) in [5.41, 5.74) is 6.66. The number of aliphatic hydroxyl groups is 1. The first-order chi connectivity index (χ1) is 6.65. The van der Waals surface area contributed by atoms with Crippen molar-refractivity contribution >= 4 is 11.6 Å². The van der Waals surface area contributed by atoms with E-state index in [1.54, 1.807) is 12.1 Å². The maximum atomic E-state index is 8.57. The number of benzene rings is 1. The second-order valence-corrected chi connectivity index (χ2v) is 3.46. The van der Waals surface area contributed by atoms with Crippen LogP contribution in [0.5, 0.6) is 5.75 Å². The zero-order chi connectivity index (χ0) is 10.6. The number of hydrogen-bond donors (Lipinski definition) is 2. The maximum Gasteiger partial charge on any atom is 0.138 e. The highest BCUT2D eigenvalue weighted by molar-refractivity contribution is 6.32. The van der Waals surface area contributed by atoms with Gasteiger partial charge in [0.15, 0.2) is 0 Å². The fourth-order valence-corrected chi connectivity index (χ4v) is 1.32. The van der Waals surface area contributed by atoms with Gasteiger partial charge < -0.3 is 15.6 Å². The minimum absolute atomic E-state index is 0.0224. The molecule has 0 aromatic heterocycles. The van der Waals surface area contributed by atoms with Crippen molar-refractivity contribution in [2.45, 2.75) is 13.0 Å². The zero-order valence-corrected chi connectivity index (χ0v) is 8.79. The van der Waals surface area contributed by atoms with E-state index in [-0.39, 0.29) is 19.3 Å². The molecule has 14 heavy (non-hydrogen) atoms. The van der Waals surface area contributed by atoms with Crippen molar-refractivity contribution in [3.8, 4) is 5.75 Å². The second-order valence-electron chi connectivity index (χ2n) is 3.05. The van der Waals surface area contributed by atoms with Gasteiger partial charge >= 0.3 is 0 Å². The summed E-state index contributed by atoms with van der Waals surface area (Å²) in [5, 5.41) is 9.09. The smallest absolute Gasteiger partial charge is 0.138 e. The summed E-state index contributed by atoms with van der Waals surface area (Å²) >= 11 is 5.95. The first kappa shape index (κ1) is 11.3. The van der Waals surface area contributed by atoms with Gasteiger partial charge in [-0.05, 0) is 24.6 Å². The summed E-state index contributed by atoms with van der Waals surface area (Å²) in [6, 6.07) is 5.36. The number of aliphatic hydroxyl groups excluding tert-OH is 1. The van der Waals surface area contributed by atoms with E-state index in [1.807, 2.05) is 13.0 Å². The van der Waals surface area contributed by atoms with E-state index in [9.17, 15) is 0 Å². The molecule has 1 unspecified atom stereocenters. The molecule has 0 fully saturated rings. The molecule has 1 aromatic carbocycles. The molecule has 1 rings (SSSR count). The molecule has 4 heteroatoms. The Balaban J connectivity index is 2.79. The standard InChI is InChI=1S/C10H14ClNO2/c1-7(12)8-2-3-10(9(11)6-8)14-5-4-13/h2-3,6-7,13H,4-5,12H2,1H3. The number of nitrogens with two attached hydrogens (primary N) is 1. The molecular weight excluding hydrogens is 202 g/mol. The van der Waals surface area contributed by atoms with Gasteiger partial charge in [-0.3, -0.25) is 0 Å². The fraction of sp³-hybridized carbons (Fsp3) is 0.400. The number of hydrogen-bond acceptors (Lipinski definition) is 3. The van der Waals surface area contributed by atoms with Gasteiger partial charge in [0.2, 0.25) is 0 Å². The average molecular weight is 216 g/mol. The lowest BCUT2D eigenvalue weighted by atomic mass is 10.1. The van der Waals surface area contributed by atoms with Crippen LogP contribution in [-0.2, 0) is 0 Å². The Hall–Kier alpha value is -0.770. The van der Waals surface area contributed by atoms with E-state index < -0.39 is 0 Å². The third-order valence-electron chi connectivity index (χ3n) is 1.83. The molecule has 0 saturated heterocycles. The molecule has 3 N–H and O–H groups in total. The summed E-state index contributed by atoms with van der Waals surface area (Å²) in [6.45, 7) is 2.11. The Bertz CT molecular complexity index is 302. The Morgan fingerprint density at radius 3 is 2.79 bits per heavy atom. The Kier molecular flexibility index (Phi) is 4.20. The predicted octanol–water partition coefficient (Wildman–Crippen LogP) is 1.73. The molecule has 0 aliphatic rings. The Morgan fingerprint density at radius 2 is 2.29 bits per heavy atom. The third-order valence-corrected chi connectivity index (χ3v) is 2.13. The second kappa shape index (κ2) is 5.20. The molecule has 0 amide bonds. The Morgan fingerprint density at radius 1 is 1.57 bits per heavy atom. The van der Waals surface area contributed by atoms with E-state index in [1.165, 1.54) is 0 Å². The molecule has 0 aliphatic heterocycles. The van der Waals surface area contributed by atoms with Crippen LogP contribution in [0.25, 0.3) is 0 Å². The molecule has 1 aromatic rings. The van der Waals surface area contributed by atoms with Gasteiger partial charge in [-0.1, -0.05) is 17.7 Å². The van der Waals surface area contributed by atoms with Crippen molar-refractivity contribution in [2.75, 3.05) is 13.2 Å². The van der Waals surface area contributed by atoms with Crippen LogP contribution in [0.15, 0.2) is 18.2 Å². The van der Waals surface area contributed by atoms with Crippen molar-refractivity contribution in [3.05, 3.63) is 28.8 Å². The highest BCUT2D eigenvalue weighted by atomic mass is 35.5. The van der Waals surface area contributed by atoms with Crippen molar-refractivity contribution in [1.82, 2.24) is 0 Å². The lowest BCUT2D eigenvalue weighted by molar-refractivity contribution is 0.201. The van der Waals surface area contributed by atoms with E-state index in [2.05, 4.69) is 0 Å². The third kappa shape index (κ3) is 2.87. The van der Waals surface area contributed by atoms with Crippen molar-refractivity contribution in [3.63, 3.8) is 0 Å². The maximum absolute atomic E-state index is 8.57. The zero-order valence-electron chi connectivity index (χ0n) is 8.03. The van der Waals surface area contributed by atoms with Gasteiger partial charge in [0, 0.05) is 6.04 Å². The molecule has 0 bridgehead atoms. The molecule has 0 aliphatic carbocycles. The topological polar surface area (TPSA) is 55.5 Å². The largest absolute Gasteiger partial charge is 0.490 e. The number of halogens is 1. The van der Waals surface area contributed by atoms with Gasteiger partial charge in [0.05, 0.1) is 11.6 Å². The van der Waals surface area contributed by atoms with Crippen LogP contribution < -0.4 is 10.5 Å². The van der Waals surface area contributed by atoms with Crippen LogP contribution in [0, 0.1) is 0 Å². The van der Waals surface area contributed by atoms with Crippen LogP contribution in [0.1, 0.15) is 18.5 Å². The summed E-state index contributed by atoms with van der Waals surface area (Å²) in [5.74, 6) is 0.574. The van der Waals surface area contributed by atoms with Crippen LogP contribution >= 0.6 is 11.6 Å². The molecule has 0 spiro atoms. The van der Waals surface area contributed by atoms with E-state index >= 15 is 0 Å². The van der Waals surface area contributed by atoms with Crippen molar-refractivity contribution in [1.29, 1.82) is 0 Å². The van der Waals surface area contributed by atoms with Crippen LogP contribution in [0.4, 0.5) is 0 Å². The van der Waals surface area contributed by atoms with Gasteiger partial charge in [-0.15, -0.1) is 0 Å². The monoisotopic (exact) mass is 215 g/mol. The van der Waals surface area contributed by atoms with Gasteiger partial charge in [0.1, 0.15) is 12.4 Å². The fourth-order valence-electron chi connectivity index (χ4n) is 1.07. The lowest BCUT2D eigenvalue weighted by Crippen LogP contribution is -2.06. The summed E-state index contributed by atoms with van der Waals surface area (Å²) in [4.78, 5) is 0. The predicted molar refractivity (Wildman–Crippen MR) is 56.6 cm³/mol. The molecule has 0 radical (unpaired) electrons. The minimum atomic E-state index is -0.0422. The van der Waals surface area contributed by atoms with Crippen LogP contribution in [0.2, 0.25) is 5.02 Å². The first-order valence-electron chi connectivity index (χ1n) is 4.44. The SMILES string of the molecule is CC(N)c1ccc(OCCO)c(Cl)c1. The summed E-state index contributed by atoms with van der Waals surface area (Å²) in [7, 11) is 0. The van der Waals surface area contributed by atoms with Crippen molar-refractivity contribution in [2.24, 2.45) is 5.73 Å². The van der Waals surface area contributed by atoms with E-state index in [0.717, 1.165) is 5.56 Å². The van der Waals surface area contributed by atoms with Crippen LogP contribution in [-0.4, -0.2) is 18.3 Å². The van der Waals surface area contributed by atoms with Gasteiger partial charge in [0.25, 0.3) is 0 Å². The molecule has 3 nitrogen and oxygen atoms in total. The van der Waals surface area contributed by atoms with Crippen LogP contribution in [0.3, 0.4) is 0 Å².